The van der Waals surface area contributed by atoms with Gasteiger partial charge in [0.2, 0.25) is 5.91 Å². The Morgan fingerprint density at radius 1 is 1.38 bits per heavy atom. The smallest absolute Gasteiger partial charge is 0.303 e. The molecule has 0 saturated carbocycles. The van der Waals surface area contributed by atoms with Crippen molar-refractivity contribution in [2.45, 2.75) is 45.6 Å². The van der Waals surface area contributed by atoms with Crippen LogP contribution in [0, 0.1) is 11.7 Å². The summed E-state index contributed by atoms with van der Waals surface area (Å²) in [4.78, 5) is 22.7. The molecule has 21 heavy (non-hydrogen) atoms. The number of nitrogens with one attached hydrogen (secondary N) is 1. The minimum Gasteiger partial charge on any atom is -0.481 e. The van der Waals surface area contributed by atoms with Gasteiger partial charge in [-0.3, -0.25) is 9.59 Å². The molecule has 1 atom stereocenters. The van der Waals surface area contributed by atoms with Crippen molar-refractivity contribution in [3.8, 4) is 0 Å². The quantitative estimate of drug-likeness (QED) is 0.813. The van der Waals surface area contributed by atoms with Gasteiger partial charge in [-0.2, -0.15) is 0 Å². The van der Waals surface area contributed by atoms with Crippen LogP contribution in [0.15, 0.2) is 24.3 Å². The van der Waals surface area contributed by atoms with Gasteiger partial charge in [0.05, 0.1) is 0 Å². The molecular formula is C16H22FNO3. The van der Waals surface area contributed by atoms with E-state index in [0.717, 1.165) is 5.56 Å². The van der Waals surface area contributed by atoms with Gasteiger partial charge in [-0.15, -0.1) is 0 Å². The van der Waals surface area contributed by atoms with Crippen molar-refractivity contribution in [2.24, 2.45) is 5.92 Å². The predicted molar refractivity (Wildman–Crippen MR) is 78.4 cm³/mol. The summed E-state index contributed by atoms with van der Waals surface area (Å²) in [5, 5.41) is 11.5. The van der Waals surface area contributed by atoms with Gasteiger partial charge in [-0.1, -0.05) is 19.1 Å². The molecule has 0 aromatic heterocycles. The Morgan fingerprint density at radius 2 is 2.05 bits per heavy atom. The van der Waals surface area contributed by atoms with Gasteiger partial charge in [0, 0.05) is 17.9 Å². The summed E-state index contributed by atoms with van der Waals surface area (Å²) in [5.74, 6) is -1.67. The molecule has 5 heteroatoms. The van der Waals surface area contributed by atoms with Crippen LogP contribution in [-0.4, -0.2) is 22.5 Å². The molecule has 0 aliphatic heterocycles. The number of hydrogen-bond acceptors (Lipinski definition) is 2. The van der Waals surface area contributed by atoms with Crippen molar-refractivity contribution in [1.82, 2.24) is 5.32 Å². The van der Waals surface area contributed by atoms with Gasteiger partial charge in [0.25, 0.3) is 0 Å². The van der Waals surface area contributed by atoms with Crippen molar-refractivity contribution in [2.75, 3.05) is 0 Å². The number of aliphatic carboxylic acids is 1. The van der Waals surface area contributed by atoms with Gasteiger partial charge in [0.1, 0.15) is 5.82 Å². The zero-order valence-electron chi connectivity index (χ0n) is 12.6. The molecule has 1 aromatic carbocycles. The van der Waals surface area contributed by atoms with E-state index < -0.39 is 11.5 Å². The van der Waals surface area contributed by atoms with Crippen LogP contribution in [0.4, 0.5) is 4.39 Å². The lowest BCUT2D eigenvalue weighted by Crippen LogP contribution is -2.46. The summed E-state index contributed by atoms with van der Waals surface area (Å²) in [6, 6.07) is 6.18. The molecule has 0 aliphatic rings. The number of hydrogen-bond donors (Lipinski definition) is 2. The van der Waals surface area contributed by atoms with Gasteiger partial charge in [-0.25, -0.2) is 4.39 Å². The Kier molecular flexibility index (Phi) is 5.88. The molecule has 1 rings (SSSR count). The van der Waals surface area contributed by atoms with Crippen LogP contribution in [0.1, 0.15) is 39.2 Å². The number of carboxylic acids is 1. The second-order valence-corrected chi connectivity index (χ2v) is 6.00. The summed E-state index contributed by atoms with van der Waals surface area (Å²) in [6.07, 6.45) is 0.810. The second-order valence-electron chi connectivity index (χ2n) is 6.00. The highest BCUT2D eigenvalue weighted by molar-refractivity contribution is 5.79. The Labute approximate surface area is 124 Å². The van der Waals surface area contributed by atoms with Crippen LogP contribution in [0.2, 0.25) is 0 Å². The molecule has 0 fully saturated rings. The molecule has 1 aromatic rings. The number of benzene rings is 1. The summed E-state index contributed by atoms with van der Waals surface area (Å²) >= 11 is 0. The van der Waals surface area contributed by atoms with Crippen molar-refractivity contribution in [3.05, 3.63) is 35.6 Å². The zero-order valence-corrected chi connectivity index (χ0v) is 12.6. The Hall–Kier alpha value is -1.91. The average Bonchev–Trinajstić information content (AvgIpc) is 2.36. The third-order valence-electron chi connectivity index (χ3n) is 3.30. The predicted octanol–water partition coefficient (Wildman–Crippen LogP) is 2.76. The van der Waals surface area contributed by atoms with Crippen molar-refractivity contribution in [3.63, 3.8) is 0 Å². The van der Waals surface area contributed by atoms with Crippen LogP contribution < -0.4 is 5.32 Å². The largest absolute Gasteiger partial charge is 0.481 e. The Balaban J connectivity index is 2.56. The normalized spacial score (nSPS) is 12.8. The van der Waals surface area contributed by atoms with Crippen LogP contribution >= 0.6 is 0 Å². The van der Waals surface area contributed by atoms with Gasteiger partial charge >= 0.3 is 5.97 Å². The molecule has 1 unspecified atom stereocenters. The molecular weight excluding hydrogens is 273 g/mol. The van der Waals surface area contributed by atoms with Crippen LogP contribution in [0.3, 0.4) is 0 Å². The number of rotatable bonds is 7. The number of carboxylic acid groups (broad SMARTS) is 1. The molecule has 2 N–H and O–H groups in total. The molecule has 0 saturated heterocycles. The maximum Gasteiger partial charge on any atom is 0.303 e. The van der Waals surface area contributed by atoms with E-state index in [1.54, 1.807) is 32.9 Å². The second kappa shape index (κ2) is 7.20. The fourth-order valence-electron chi connectivity index (χ4n) is 2.05. The summed E-state index contributed by atoms with van der Waals surface area (Å²) in [5.41, 5.74) is 0.187. The third-order valence-corrected chi connectivity index (χ3v) is 3.30. The lowest BCUT2D eigenvalue weighted by atomic mass is 9.95. The SMILES string of the molecule is CC(Cc1cccc(F)c1)C(=O)NC(C)(C)CCC(=O)O. The molecule has 116 valence electrons. The van der Waals surface area contributed by atoms with Gasteiger partial charge < -0.3 is 10.4 Å². The summed E-state index contributed by atoms with van der Waals surface area (Å²) in [6.45, 7) is 5.36. The monoisotopic (exact) mass is 295 g/mol. The zero-order chi connectivity index (χ0) is 16.0. The molecule has 0 radical (unpaired) electrons. The fraction of sp³-hybridized carbons (Fsp3) is 0.500. The van der Waals surface area contributed by atoms with E-state index in [4.69, 9.17) is 5.11 Å². The first-order valence-corrected chi connectivity index (χ1v) is 6.98. The minimum atomic E-state index is -0.884. The maximum atomic E-state index is 13.1. The van der Waals surface area contributed by atoms with Gasteiger partial charge in [-0.05, 0) is 44.4 Å². The highest BCUT2D eigenvalue weighted by Gasteiger charge is 2.24. The van der Waals surface area contributed by atoms with E-state index >= 15 is 0 Å². The van der Waals surface area contributed by atoms with E-state index in [-0.39, 0.29) is 24.1 Å². The lowest BCUT2D eigenvalue weighted by Gasteiger charge is -2.27. The minimum absolute atomic E-state index is 0.00551. The molecule has 0 heterocycles. The van der Waals surface area contributed by atoms with E-state index in [0.29, 0.717) is 12.8 Å². The first kappa shape index (κ1) is 17.1. The van der Waals surface area contributed by atoms with Crippen molar-refractivity contribution in [1.29, 1.82) is 0 Å². The van der Waals surface area contributed by atoms with Crippen LogP contribution in [0.25, 0.3) is 0 Å². The van der Waals surface area contributed by atoms with Crippen molar-refractivity contribution < 1.29 is 19.1 Å². The number of amides is 1. The lowest BCUT2D eigenvalue weighted by molar-refractivity contribution is -0.138. The fourth-order valence-corrected chi connectivity index (χ4v) is 2.05. The van der Waals surface area contributed by atoms with Gasteiger partial charge in [0.15, 0.2) is 0 Å². The van der Waals surface area contributed by atoms with Crippen LogP contribution in [-0.2, 0) is 16.0 Å². The standard InChI is InChI=1S/C16H22FNO3/c1-11(9-12-5-4-6-13(17)10-12)15(21)18-16(2,3)8-7-14(19)20/h4-6,10-11H,7-9H2,1-3H3,(H,18,21)(H,19,20). The highest BCUT2D eigenvalue weighted by Crippen LogP contribution is 2.15. The molecule has 0 bridgehead atoms. The van der Waals surface area contributed by atoms with E-state index in [1.807, 2.05) is 0 Å². The average molecular weight is 295 g/mol. The number of carbonyl (C=O) groups is 2. The topological polar surface area (TPSA) is 66.4 Å². The maximum absolute atomic E-state index is 13.1. The Bertz CT molecular complexity index is 514. The molecule has 0 spiro atoms. The number of carbonyl (C=O) groups excluding carboxylic acids is 1. The van der Waals surface area contributed by atoms with E-state index in [1.165, 1.54) is 12.1 Å². The molecule has 4 nitrogen and oxygen atoms in total. The van der Waals surface area contributed by atoms with Crippen LogP contribution in [0.5, 0.6) is 0 Å². The highest BCUT2D eigenvalue weighted by atomic mass is 19.1. The van der Waals surface area contributed by atoms with Crippen molar-refractivity contribution >= 4 is 11.9 Å². The Morgan fingerprint density at radius 3 is 2.62 bits per heavy atom. The first-order valence-electron chi connectivity index (χ1n) is 6.98. The molecule has 1 amide bonds. The van der Waals surface area contributed by atoms with E-state index in [2.05, 4.69) is 5.32 Å². The third kappa shape index (κ3) is 6.38. The molecule has 0 aliphatic carbocycles. The first-order chi connectivity index (χ1) is 9.69. The summed E-state index contributed by atoms with van der Waals surface area (Å²) in [7, 11) is 0. The number of halogens is 1. The summed E-state index contributed by atoms with van der Waals surface area (Å²) < 4.78 is 13.1. The van der Waals surface area contributed by atoms with E-state index in [9.17, 15) is 14.0 Å².